The van der Waals surface area contributed by atoms with E-state index in [0.29, 0.717) is 17.5 Å². The summed E-state index contributed by atoms with van der Waals surface area (Å²) in [4.78, 5) is 12.3. The van der Waals surface area contributed by atoms with Crippen LogP contribution in [0.15, 0.2) is 42.5 Å². The van der Waals surface area contributed by atoms with Crippen LogP contribution in [-0.4, -0.2) is 25.1 Å². The van der Waals surface area contributed by atoms with Gasteiger partial charge in [0.2, 0.25) is 0 Å². The van der Waals surface area contributed by atoms with Gasteiger partial charge in [-0.05, 0) is 50.2 Å². The molecule has 0 radical (unpaired) electrons. The number of rotatable bonds is 5. The van der Waals surface area contributed by atoms with E-state index in [-0.39, 0.29) is 17.3 Å². The first kappa shape index (κ1) is 24.3. The topological polar surface area (TPSA) is 76.4 Å². The molecule has 2 aromatic carbocycles. The van der Waals surface area contributed by atoms with Crippen LogP contribution in [0.3, 0.4) is 0 Å². The van der Waals surface area contributed by atoms with Gasteiger partial charge >= 0.3 is 6.18 Å². The third kappa shape index (κ3) is 8.43. The van der Waals surface area contributed by atoms with Crippen molar-refractivity contribution in [2.75, 3.05) is 17.7 Å². The van der Waals surface area contributed by atoms with Crippen molar-refractivity contribution >= 4 is 17.3 Å². The number of nitrogens with two attached hydrogens (primary N) is 1. The number of methoxy groups -OCH3 is 1. The fraction of sp³-hybridized carbons (Fsp3) is 0.381. The van der Waals surface area contributed by atoms with Crippen molar-refractivity contribution in [1.82, 2.24) is 0 Å². The van der Waals surface area contributed by atoms with E-state index in [1.54, 1.807) is 38.1 Å². The molecule has 0 bridgehead atoms. The highest BCUT2D eigenvalue weighted by Gasteiger charge is 2.34. The van der Waals surface area contributed by atoms with Crippen molar-refractivity contribution in [3.05, 3.63) is 53.6 Å². The molecule has 2 aromatic rings. The minimum atomic E-state index is -4.57. The van der Waals surface area contributed by atoms with E-state index in [1.807, 2.05) is 13.8 Å². The number of alkyl halides is 3. The monoisotopic (exact) mass is 411 g/mol. The summed E-state index contributed by atoms with van der Waals surface area (Å²) in [6.45, 7) is 7.37. The van der Waals surface area contributed by atoms with Gasteiger partial charge < -0.3 is 21.1 Å². The molecule has 0 saturated carbocycles. The first-order chi connectivity index (χ1) is 13.4. The summed E-state index contributed by atoms with van der Waals surface area (Å²) in [5.74, 6) is -0.0971. The van der Waals surface area contributed by atoms with E-state index in [2.05, 4.69) is 10.6 Å². The highest BCUT2D eigenvalue weighted by molar-refractivity contribution is 6.04. The predicted octanol–water partition coefficient (Wildman–Crippen LogP) is 5.14. The normalized spacial score (nSPS) is 11.0. The molecule has 2 rings (SSSR count). The molecule has 0 saturated heterocycles. The number of carbonyl (C=O) groups excluding carboxylic acids is 1. The second-order valence-electron chi connectivity index (χ2n) is 6.99. The first-order valence-corrected chi connectivity index (χ1v) is 9.12. The summed E-state index contributed by atoms with van der Waals surface area (Å²) < 4.78 is 44.9. The van der Waals surface area contributed by atoms with Gasteiger partial charge in [0.05, 0.1) is 12.7 Å². The minimum Gasteiger partial charge on any atom is -0.497 e. The average molecular weight is 411 g/mol. The number of anilines is 2. The zero-order chi connectivity index (χ0) is 22.2. The number of ether oxygens (including phenoxy) is 1. The van der Waals surface area contributed by atoms with Gasteiger partial charge in [0.1, 0.15) is 5.75 Å². The van der Waals surface area contributed by atoms with Crippen LogP contribution in [0, 0.1) is 0 Å². The third-order valence-corrected chi connectivity index (χ3v) is 3.36. The van der Waals surface area contributed by atoms with Crippen LogP contribution < -0.4 is 21.1 Å². The Hall–Kier alpha value is -2.74. The van der Waals surface area contributed by atoms with Crippen LogP contribution in [0.2, 0.25) is 0 Å². The number of carbonyl (C=O) groups is 1. The SMILES string of the molecule is CC(C)N.COc1cccc(NC(=O)c2ccc(NC(C)C)c(C(F)(F)F)c2)c1. The summed E-state index contributed by atoms with van der Waals surface area (Å²) in [5, 5.41) is 5.31. The standard InChI is InChI=1S/C18H19F3N2O2.C3H9N/c1-11(2)22-16-8-7-12(9-15(16)18(19,20)21)17(24)23-13-5-4-6-14(10-13)25-3;1-3(2)4/h4-11,22H,1-3H3,(H,23,24);3H,4H2,1-2H3. The lowest BCUT2D eigenvalue weighted by Gasteiger charge is -2.18. The number of benzene rings is 2. The van der Waals surface area contributed by atoms with Crippen molar-refractivity contribution in [3.8, 4) is 5.75 Å². The van der Waals surface area contributed by atoms with Crippen LogP contribution >= 0.6 is 0 Å². The Morgan fingerprint density at radius 2 is 1.69 bits per heavy atom. The van der Waals surface area contributed by atoms with Crippen LogP contribution in [-0.2, 0) is 6.18 Å². The Bertz CT molecular complexity index is 803. The van der Waals surface area contributed by atoms with Crippen molar-refractivity contribution < 1.29 is 22.7 Å². The Morgan fingerprint density at radius 3 is 2.21 bits per heavy atom. The van der Waals surface area contributed by atoms with Gasteiger partial charge in [-0.25, -0.2) is 0 Å². The van der Waals surface area contributed by atoms with E-state index >= 15 is 0 Å². The second kappa shape index (κ2) is 10.7. The van der Waals surface area contributed by atoms with Gasteiger partial charge in [-0.15, -0.1) is 0 Å². The van der Waals surface area contributed by atoms with Gasteiger partial charge in [-0.1, -0.05) is 19.9 Å². The minimum absolute atomic E-state index is 0.0552. The van der Waals surface area contributed by atoms with E-state index in [0.717, 1.165) is 6.07 Å². The smallest absolute Gasteiger partial charge is 0.418 e. The lowest BCUT2D eigenvalue weighted by Crippen LogP contribution is -2.18. The Labute approximate surface area is 169 Å². The summed E-state index contributed by atoms with van der Waals surface area (Å²) in [7, 11) is 1.48. The number of nitrogens with one attached hydrogen (secondary N) is 2. The molecule has 8 heteroatoms. The highest BCUT2D eigenvalue weighted by Crippen LogP contribution is 2.36. The average Bonchev–Trinajstić information content (AvgIpc) is 2.60. The molecule has 0 heterocycles. The number of hydrogen-bond acceptors (Lipinski definition) is 4. The number of hydrogen-bond donors (Lipinski definition) is 3. The third-order valence-electron chi connectivity index (χ3n) is 3.36. The van der Waals surface area contributed by atoms with Crippen LogP contribution in [0.4, 0.5) is 24.5 Å². The van der Waals surface area contributed by atoms with E-state index < -0.39 is 17.6 Å². The summed E-state index contributed by atoms with van der Waals surface area (Å²) in [6.07, 6.45) is -4.57. The lowest BCUT2D eigenvalue weighted by molar-refractivity contribution is -0.137. The Morgan fingerprint density at radius 1 is 1.07 bits per heavy atom. The van der Waals surface area contributed by atoms with Gasteiger partial charge in [-0.3, -0.25) is 4.79 Å². The van der Waals surface area contributed by atoms with Crippen LogP contribution in [0.25, 0.3) is 0 Å². The highest BCUT2D eigenvalue weighted by atomic mass is 19.4. The lowest BCUT2D eigenvalue weighted by atomic mass is 10.1. The maximum Gasteiger partial charge on any atom is 0.418 e. The summed E-state index contributed by atoms with van der Waals surface area (Å²) >= 11 is 0. The Balaban J connectivity index is 0.000000960. The zero-order valence-corrected chi connectivity index (χ0v) is 17.2. The fourth-order valence-electron chi connectivity index (χ4n) is 2.26. The van der Waals surface area contributed by atoms with Crippen molar-refractivity contribution in [2.45, 2.75) is 46.0 Å². The van der Waals surface area contributed by atoms with Crippen LogP contribution in [0.5, 0.6) is 5.75 Å². The molecule has 0 aliphatic rings. The molecule has 160 valence electrons. The molecule has 4 N–H and O–H groups in total. The molecule has 0 aliphatic heterocycles. The number of amides is 1. The maximum absolute atomic E-state index is 13.3. The van der Waals surface area contributed by atoms with E-state index in [1.165, 1.54) is 19.2 Å². The largest absolute Gasteiger partial charge is 0.497 e. The van der Waals surface area contributed by atoms with E-state index in [9.17, 15) is 18.0 Å². The molecule has 0 aliphatic carbocycles. The molecule has 5 nitrogen and oxygen atoms in total. The zero-order valence-electron chi connectivity index (χ0n) is 17.2. The molecular weight excluding hydrogens is 383 g/mol. The maximum atomic E-state index is 13.3. The molecule has 29 heavy (non-hydrogen) atoms. The van der Waals surface area contributed by atoms with Crippen molar-refractivity contribution in [2.24, 2.45) is 5.73 Å². The molecular formula is C21H28F3N3O2. The van der Waals surface area contributed by atoms with E-state index in [4.69, 9.17) is 10.5 Å². The molecule has 1 amide bonds. The molecule has 0 fully saturated rings. The van der Waals surface area contributed by atoms with Gasteiger partial charge in [0, 0.05) is 29.0 Å². The molecule has 0 unspecified atom stereocenters. The summed E-state index contributed by atoms with van der Waals surface area (Å²) in [5.41, 5.74) is 4.53. The second-order valence-corrected chi connectivity index (χ2v) is 6.99. The van der Waals surface area contributed by atoms with Crippen molar-refractivity contribution in [3.63, 3.8) is 0 Å². The van der Waals surface area contributed by atoms with Gasteiger partial charge in [0.15, 0.2) is 0 Å². The van der Waals surface area contributed by atoms with Crippen molar-refractivity contribution in [1.29, 1.82) is 0 Å². The first-order valence-electron chi connectivity index (χ1n) is 9.12. The molecule has 0 aromatic heterocycles. The van der Waals surface area contributed by atoms with Gasteiger partial charge in [0.25, 0.3) is 5.91 Å². The quantitative estimate of drug-likeness (QED) is 0.637. The molecule has 0 spiro atoms. The predicted molar refractivity (Wildman–Crippen MR) is 110 cm³/mol. The van der Waals surface area contributed by atoms with Gasteiger partial charge in [-0.2, -0.15) is 13.2 Å². The Kier molecular flexibility index (Phi) is 8.97. The summed E-state index contributed by atoms with van der Waals surface area (Å²) in [6, 6.07) is 10.2. The molecule has 0 atom stereocenters. The van der Waals surface area contributed by atoms with Crippen LogP contribution in [0.1, 0.15) is 43.6 Å². The fourth-order valence-corrected chi connectivity index (χ4v) is 2.26. The number of halogens is 3.